The third-order valence-electron chi connectivity index (χ3n) is 2.28. The Bertz CT molecular complexity index is 284. The van der Waals surface area contributed by atoms with Gasteiger partial charge in [0.2, 0.25) is 0 Å². The van der Waals surface area contributed by atoms with Gasteiger partial charge in [0.1, 0.15) is 5.75 Å². The van der Waals surface area contributed by atoms with Gasteiger partial charge in [-0.05, 0) is 25.7 Å². The molecule has 1 aromatic heterocycles. The van der Waals surface area contributed by atoms with Gasteiger partial charge in [-0.3, -0.25) is 4.98 Å². The van der Waals surface area contributed by atoms with Crippen molar-refractivity contribution >= 4 is 11.6 Å². The Labute approximate surface area is 82.9 Å². The zero-order valence-electron chi connectivity index (χ0n) is 7.37. The van der Waals surface area contributed by atoms with Gasteiger partial charge in [0, 0.05) is 12.3 Å². The highest BCUT2D eigenvalue weighted by molar-refractivity contribution is 6.30. The van der Waals surface area contributed by atoms with Crippen molar-refractivity contribution in [3.63, 3.8) is 0 Å². The molecule has 1 aliphatic rings. The molecular weight excluding hydrogens is 186 g/mol. The number of hydrogen-bond donors (Lipinski definition) is 0. The zero-order chi connectivity index (χ0) is 9.10. The van der Waals surface area contributed by atoms with Crippen molar-refractivity contribution in [1.82, 2.24) is 4.98 Å². The van der Waals surface area contributed by atoms with Gasteiger partial charge < -0.3 is 4.74 Å². The van der Waals surface area contributed by atoms with Crippen LogP contribution in [0.25, 0.3) is 0 Å². The average molecular weight is 198 g/mol. The van der Waals surface area contributed by atoms with Crippen LogP contribution in [0.15, 0.2) is 18.5 Å². The summed E-state index contributed by atoms with van der Waals surface area (Å²) in [6.45, 7) is 0. The molecule has 0 amide bonds. The first-order valence-corrected chi connectivity index (χ1v) is 4.99. The highest BCUT2D eigenvalue weighted by Gasteiger charge is 2.16. The second kappa shape index (κ2) is 3.97. The topological polar surface area (TPSA) is 22.1 Å². The Morgan fingerprint density at radius 2 is 2.08 bits per heavy atom. The molecule has 70 valence electrons. The first-order valence-electron chi connectivity index (χ1n) is 4.62. The van der Waals surface area contributed by atoms with E-state index in [1.165, 1.54) is 12.8 Å². The summed E-state index contributed by atoms with van der Waals surface area (Å²) in [5, 5.41) is 0.635. The molecule has 1 aliphatic carbocycles. The second-order valence-corrected chi connectivity index (χ2v) is 3.80. The van der Waals surface area contributed by atoms with E-state index in [1.807, 2.05) is 6.07 Å². The molecule has 0 spiro atoms. The van der Waals surface area contributed by atoms with Crippen molar-refractivity contribution in [1.29, 1.82) is 0 Å². The lowest BCUT2D eigenvalue weighted by Crippen LogP contribution is -2.10. The van der Waals surface area contributed by atoms with Crippen LogP contribution in [0.3, 0.4) is 0 Å². The van der Waals surface area contributed by atoms with Gasteiger partial charge in [0.15, 0.2) is 0 Å². The SMILES string of the molecule is Clc1cncc(OC2CCCC2)c1. The summed E-state index contributed by atoms with van der Waals surface area (Å²) in [6, 6.07) is 1.81. The van der Waals surface area contributed by atoms with Gasteiger partial charge in [-0.15, -0.1) is 0 Å². The van der Waals surface area contributed by atoms with Gasteiger partial charge in [-0.25, -0.2) is 0 Å². The molecule has 1 saturated carbocycles. The maximum atomic E-state index is 5.79. The number of hydrogen-bond acceptors (Lipinski definition) is 2. The molecule has 0 radical (unpaired) electrons. The largest absolute Gasteiger partial charge is 0.489 e. The first kappa shape index (κ1) is 8.82. The summed E-state index contributed by atoms with van der Waals surface area (Å²) in [5.41, 5.74) is 0. The molecule has 1 fully saturated rings. The summed E-state index contributed by atoms with van der Waals surface area (Å²) in [6.07, 6.45) is 8.57. The predicted molar refractivity (Wildman–Crippen MR) is 52.1 cm³/mol. The van der Waals surface area contributed by atoms with Crippen molar-refractivity contribution in [2.45, 2.75) is 31.8 Å². The number of ether oxygens (including phenoxy) is 1. The fourth-order valence-corrected chi connectivity index (χ4v) is 1.82. The molecule has 1 aromatic rings. The van der Waals surface area contributed by atoms with Crippen molar-refractivity contribution < 1.29 is 4.74 Å². The smallest absolute Gasteiger partial charge is 0.139 e. The monoisotopic (exact) mass is 197 g/mol. The summed E-state index contributed by atoms with van der Waals surface area (Å²) >= 11 is 5.79. The van der Waals surface area contributed by atoms with E-state index in [1.54, 1.807) is 12.4 Å². The van der Waals surface area contributed by atoms with Gasteiger partial charge >= 0.3 is 0 Å². The van der Waals surface area contributed by atoms with Crippen LogP contribution in [-0.4, -0.2) is 11.1 Å². The van der Waals surface area contributed by atoms with E-state index >= 15 is 0 Å². The Balaban J connectivity index is 2.00. The maximum absolute atomic E-state index is 5.79. The van der Waals surface area contributed by atoms with Crippen LogP contribution in [0.5, 0.6) is 5.75 Å². The maximum Gasteiger partial charge on any atom is 0.139 e. The van der Waals surface area contributed by atoms with Crippen LogP contribution in [0, 0.1) is 0 Å². The third-order valence-corrected chi connectivity index (χ3v) is 2.49. The molecule has 13 heavy (non-hydrogen) atoms. The fraction of sp³-hybridized carbons (Fsp3) is 0.500. The predicted octanol–water partition coefficient (Wildman–Crippen LogP) is 3.06. The zero-order valence-corrected chi connectivity index (χ0v) is 8.13. The van der Waals surface area contributed by atoms with Crippen LogP contribution in [0.2, 0.25) is 5.02 Å². The van der Waals surface area contributed by atoms with E-state index in [0.717, 1.165) is 18.6 Å². The minimum Gasteiger partial charge on any atom is -0.489 e. The lowest BCUT2D eigenvalue weighted by atomic mass is 10.3. The quantitative estimate of drug-likeness (QED) is 0.727. The Kier molecular flexibility index (Phi) is 2.69. The Hall–Kier alpha value is -0.760. The van der Waals surface area contributed by atoms with Crippen LogP contribution in [-0.2, 0) is 0 Å². The molecule has 2 nitrogen and oxygen atoms in total. The number of halogens is 1. The van der Waals surface area contributed by atoms with E-state index in [9.17, 15) is 0 Å². The lowest BCUT2D eigenvalue weighted by Gasteiger charge is -2.12. The van der Waals surface area contributed by atoms with E-state index in [4.69, 9.17) is 16.3 Å². The third kappa shape index (κ3) is 2.34. The highest BCUT2D eigenvalue weighted by Crippen LogP contribution is 2.24. The number of pyridine rings is 1. The molecule has 2 rings (SSSR count). The summed E-state index contributed by atoms with van der Waals surface area (Å²) in [7, 11) is 0. The number of nitrogens with zero attached hydrogens (tertiary/aromatic N) is 1. The molecule has 0 atom stereocenters. The second-order valence-electron chi connectivity index (χ2n) is 3.36. The minimum atomic E-state index is 0.375. The van der Waals surface area contributed by atoms with Crippen molar-refractivity contribution in [3.8, 4) is 5.75 Å². The number of aromatic nitrogens is 1. The van der Waals surface area contributed by atoms with E-state index in [-0.39, 0.29) is 0 Å². The lowest BCUT2D eigenvalue weighted by molar-refractivity contribution is 0.209. The Morgan fingerprint density at radius 1 is 1.31 bits per heavy atom. The van der Waals surface area contributed by atoms with Crippen molar-refractivity contribution in [2.75, 3.05) is 0 Å². The summed E-state index contributed by atoms with van der Waals surface area (Å²) < 4.78 is 5.71. The van der Waals surface area contributed by atoms with Crippen LogP contribution < -0.4 is 4.74 Å². The van der Waals surface area contributed by atoms with E-state index < -0.39 is 0 Å². The van der Waals surface area contributed by atoms with Crippen molar-refractivity contribution in [3.05, 3.63) is 23.5 Å². The molecule has 0 N–H and O–H groups in total. The van der Waals surface area contributed by atoms with Gasteiger partial charge in [0.05, 0.1) is 17.3 Å². The molecule has 0 saturated heterocycles. The highest BCUT2D eigenvalue weighted by atomic mass is 35.5. The molecule has 0 aliphatic heterocycles. The molecule has 0 bridgehead atoms. The molecule has 3 heteroatoms. The standard InChI is InChI=1S/C10H12ClNO/c11-8-5-10(7-12-6-8)13-9-3-1-2-4-9/h5-7,9H,1-4H2. The van der Waals surface area contributed by atoms with Gasteiger partial charge in [0.25, 0.3) is 0 Å². The normalized spacial score (nSPS) is 17.6. The van der Waals surface area contributed by atoms with Crippen molar-refractivity contribution in [2.24, 2.45) is 0 Å². The number of rotatable bonds is 2. The Morgan fingerprint density at radius 3 is 2.77 bits per heavy atom. The van der Waals surface area contributed by atoms with Gasteiger partial charge in [-0.1, -0.05) is 11.6 Å². The first-order chi connectivity index (χ1) is 6.34. The minimum absolute atomic E-state index is 0.375. The molecule has 1 heterocycles. The fourth-order valence-electron chi connectivity index (χ4n) is 1.66. The van der Waals surface area contributed by atoms with Crippen LogP contribution >= 0.6 is 11.6 Å². The molecule has 0 aromatic carbocycles. The van der Waals surface area contributed by atoms with E-state index in [0.29, 0.717) is 11.1 Å². The van der Waals surface area contributed by atoms with Crippen LogP contribution in [0.1, 0.15) is 25.7 Å². The molecule has 0 unspecified atom stereocenters. The van der Waals surface area contributed by atoms with Crippen LogP contribution in [0.4, 0.5) is 0 Å². The van der Waals surface area contributed by atoms with E-state index in [2.05, 4.69) is 4.98 Å². The summed E-state index contributed by atoms with van der Waals surface area (Å²) in [4.78, 5) is 3.97. The molecular formula is C10H12ClNO. The summed E-state index contributed by atoms with van der Waals surface area (Å²) in [5.74, 6) is 0.791. The van der Waals surface area contributed by atoms with Gasteiger partial charge in [-0.2, -0.15) is 0 Å². The average Bonchev–Trinajstić information content (AvgIpc) is 2.57.